The number of rotatable bonds is 10. The molecule has 2 aliphatic rings. The molecule has 2 atom stereocenters. The summed E-state index contributed by atoms with van der Waals surface area (Å²) in [7, 11) is 0. The fourth-order valence-corrected chi connectivity index (χ4v) is 5.02. The van der Waals surface area contributed by atoms with Crippen molar-refractivity contribution in [2.45, 2.75) is 57.8 Å². The number of imide groups is 1. The predicted molar refractivity (Wildman–Crippen MR) is 125 cm³/mol. The van der Waals surface area contributed by atoms with Gasteiger partial charge in [0.15, 0.2) is 0 Å². The van der Waals surface area contributed by atoms with Crippen LogP contribution in [0.25, 0.3) is 0 Å². The van der Waals surface area contributed by atoms with Gasteiger partial charge in [-0.3, -0.25) is 15.0 Å². The second kappa shape index (κ2) is 9.95. The van der Waals surface area contributed by atoms with Gasteiger partial charge in [0.05, 0.1) is 24.9 Å². The van der Waals surface area contributed by atoms with Gasteiger partial charge in [-0.2, -0.15) is 0 Å². The van der Waals surface area contributed by atoms with Crippen LogP contribution >= 0.6 is 0 Å². The van der Waals surface area contributed by atoms with Gasteiger partial charge in [0.2, 0.25) is 0 Å². The van der Waals surface area contributed by atoms with Crippen molar-refractivity contribution in [2.24, 2.45) is 5.41 Å². The summed E-state index contributed by atoms with van der Waals surface area (Å²) < 4.78 is 5.70. The lowest BCUT2D eigenvalue weighted by Crippen LogP contribution is -2.39. The number of benzene rings is 2. The number of aromatic carboxylic acids is 1. The van der Waals surface area contributed by atoms with Gasteiger partial charge in [0.1, 0.15) is 6.04 Å². The Kier molecular flexibility index (Phi) is 7.00. The van der Waals surface area contributed by atoms with Gasteiger partial charge < -0.3 is 14.9 Å². The lowest BCUT2D eigenvalue weighted by atomic mass is 9.61. The number of hydrogen-bond donors (Lipinski definition) is 3. The normalized spacial score (nSPS) is 20.1. The van der Waals surface area contributed by atoms with Crippen molar-refractivity contribution in [3.05, 3.63) is 65.2 Å². The second-order valence-corrected chi connectivity index (χ2v) is 9.16. The van der Waals surface area contributed by atoms with Crippen LogP contribution in [0.5, 0.6) is 0 Å². The number of anilines is 1. The highest BCUT2D eigenvalue weighted by molar-refractivity contribution is 6.14. The minimum absolute atomic E-state index is 0.0541. The number of carboxylic acid groups (broad SMARTS) is 1. The van der Waals surface area contributed by atoms with E-state index in [-0.39, 0.29) is 24.2 Å². The van der Waals surface area contributed by atoms with E-state index < -0.39 is 30.1 Å². The fraction of sp³-hybridized carbons (Fsp3) is 0.423. The van der Waals surface area contributed by atoms with Crippen LogP contribution in [-0.4, -0.2) is 40.8 Å². The van der Waals surface area contributed by atoms with Crippen LogP contribution in [0.2, 0.25) is 0 Å². The molecule has 1 saturated carbocycles. The molecular weight excluding hydrogens is 436 g/mol. The molecule has 1 saturated heterocycles. The van der Waals surface area contributed by atoms with Gasteiger partial charge in [-0.25, -0.2) is 9.59 Å². The number of carbonyl (C=O) groups excluding carboxylic acids is 2. The predicted octanol–water partition coefficient (Wildman–Crippen LogP) is 4.03. The van der Waals surface area contributed by atoms with Gasteiger partial charge in [-0.15, -0.1) is 0 Å². The van der Waals surface area contributed by atoms with Crippen LogP contribution in [0.3, 0.4) is 0 Å². The van der Waals surface area contributed by atoms with E-state index in [1.54, 1.807) is 30.3 Å². The molecule has 8 heteroatoms. The van der Waals surface area contributed by atoms with Gasteiger partial charge in [-0.05, 0) is 54.7 Å². The molecule has 2 aromatic carbocycles. The van der Waals surface area contributed by atoms with Gasteiger partial charge in [-0.1, -0.05) is 44.0 Å². The van der Waals surface area contributed by atoms with Gasteiger partial charge in [0, 0.05) is 11.1 Å². The molecular formula is C26H30N2O6. The lowest BCUT2D eigenvalue weighted by Gasteiger charge is -2.46. The average molecular weight is 467 g/mol. The number of nitrogens with zero attached hydrogens (tertiary/aromatic N) is 1. The molecule has 1 heterocycles. The van der Waals surface area contributed by atoms with E-state index in [4.69, 9.17) is 9.84 Å². The largest absolute Gasteiger partial charge is 0.478 e. The number of ether oxygens (including phenoxy) is 1. The maximum absolute atomic E-state index is 12.6. The van der Waals surface area contributed by atoms with Crippen LogP contribution in [-0.2, 0) is 16.1 Å². The maximum Gasteiger partial charge on any atom is 0.335 e. The Bertz CT molecular complexity index is 1080. The highest BCUT2D eigenvalue weighted by atomic mass is 16.5. The van der Waals surface area contributed by atoms with Crippen molar-refractivity contribution >= 4 is 23.6 Å². The Labute approximate surface area is 198 Å². The summed E-state index contributed by atoms with van der Waals surface area (Å²) in [4.78, 5) is 37.6. The molecule has 3 amide bonds. The lowest BCUT2D eigenvalue weighted by molar-refractivity contribution is -0.121. The summed E-state index contributed by atoms with van der Waals surface area (Å²) >= 11 is 0. The first-order valence-corrected chi connectivity index (χ1v) is 11.7. The summed E-state index contributed by atoms with van der Waals surface area (Å²) in [5.74, 6) is -1.49. The topological polar surface area (TPSA) is 116 Å². The number of hydrogen-bond acceptors (Lipinski definition) is 5. The van der Waals surface area contributed by atoms with Crippen molar-refractivity contribution in [3.63, 3.8) is 0 Å². The number of carboxylic acids is 1. The van der Waals surface area contributed by atoms with E-state index in [9.17, 15) is 19.5 Å². The molecule has 2 fully saturated rings. The number of carbonyl (C=O) groups is 3. The molecule has 3 N–H and O–H groups in total. The molecule has 1 aliphatic heterocycles. The van der Waals surface area contributed by atoms with E-state index in [2.05, 4.69) is 12.2 Å². The zero-order valence-electron chi connectivity index (χ0n) is 19.2. The molecule has 8 nitrogen and oxygen atoms in total. The van der Waals surface area contributed by atoms with E-state index in [1.165, 1.54) is 17.0 Å². The van der Waals surface area contributed by atoms with Gasteiger partial charge in [0.25, 0.3) is 5.91 Å². The molecule has 2 unspecified atom stereocenters. The molecule has 4 rings (SSSR count). The van der Waals surface area contributed by atoms with Crippen molar-refractivity contribution in [3.8, 4) is 0 Å². The monoisotopic (exact) mass is 466 g/mol. The zero-order chi connectivity index (χ0) is 24.3. The molecule has 34 heavy (non-hydrogen) atoms. The molecule has 1 aliphatic carbocycles. The summed E-state index contributed by atoms with van der Waals surface area (Å²) in [6.45, 7) is 2.17. The first-order valence-electron chi connectivity index (χ1n) is 11.7. The third kappa shape index (κ3) is 4.69. The number of nitrogens with one attached hydrogen (secondary N) is 1. The van der Waals surface area contributed by atoms with Crippen molar-refractivity contribution in [1.82, 2.24) is 5.32 Å². The van der Waals surface area contributed by atoms with E-state index in [0.717, 1.165) is 37.7 Å². The third-order valence-electron chi connectivity index (χ3n) is 6.92. The number of amides is 3. The standard InChI is InChI=1S/C26H30N2O6/c1-2-10-26(11-5-12-26)22(29)18-7-4-9-20(14-18)28-21(23(30)27-25(28)33)16-34-15-17-6-3-8-19(13-17)24(31)32/h3-4,6-9,13-14,21-22,29H,2,5,10-12,15-16H2,1H3,(H,31,32)(H,27,30,33). The Hall–Kier alpha value is -3.23. The van der Waals surface area contributed by atoms with Crippen LogP contribution in [0.1, 0.15) is 66.6 Å². The number of urea groups is 1. The van der Waals surface area contributed by atoms with Crippen molar-refractivity contribution in [1.29, 1.82) is 0 Å². The minimum atomic E-state index is -1.03. The zero-order valence-corrected chi connectivity index (χ0v) is 19.2. The second-order valence-electron chi connectivity index (χ2n) is 9.16. The van der Waals surface area contributed by atoms with Crippen LogP contribution < -0.4 is 10.2 Å². The smallest absolute Gasteiger partial charge is 0.335 e. The maximum atomic E-state index is 12.6. The summed E-state index contributed by atoms with van der Waals surface area (Å²) in [5, 5.41) is 22.6. The molecule has 2 aromatic rings. The number of aliphatic hydroxyl groups is 1. The highest BCUT2D eigenvalue weighted by Gasteiger charge is 2.44. The number of aliphatic hydroxyl groups excluding tert-OH is 1. The quantitative estimate of drug-likeness (QED) is 0.455. The molecule has 0 spiro atoms. The molecule has 0 bridgehead atoms. The highest BCUT2D eigenvalue weighted by Crippen LogP contribution is 2.53. The Morgan fingerprint density at radius 2 is 1.97 bits per heavy atom. The van der Waals surface area contributed by atoms with Crippen LogP contribution in [0, 0.1) is 5.41 Å². The van der Waals surface area contributed by atoms with E-state index in [1.807, 2.05) is 6.07 Å². The summed E-state index contributed by atoms with van der Waals surface area (Å²) in [6.07, 6.45) is 4.38. The van der Waals surface area contributed by atoms with Crippen molar-refractivity contribution in [2.75, 3.05) is 11.5 Å². The fourth-order valence-electron chi connectivity index (χ4n) is 5.02. The van der Waals surface area contributed by atoms with E-state index in [0.29, 0.717) is 11.3 Å². The SMILES string of the molecule is CCCC1(C(O)c2cccc(N3C(=O)NC(=O)C3COCc3cccc(C(=O)O)c3)c2)CCC1. The average Bonchev–Trinajstić information content (AvgIpc) is 3.08. The summed E-state index contributed by atoms with van der Waals surface area (Å²) in [6, 6.07) is 12.1. The Balaban J connectivity index is 1.48. The van der Waals surface area contributed by atoms with Crippen LogP contribution in [0.15, 0.2) is 48.5 Å². The van der Waals surface area contributed by atoms with E-state index >= 15 is 0 Å². The molecule has 0 aromatic heterocycles. The first kappa shape index (κ1) is 23.9. The Morgan fingerprint density at radius 1 is 1.21 bits per heavy atom. The van der Waals surface area contributed by atoms with Gasteiger partial charge >= 0.3 is 12.0 Å². The third-order valence-corrected chi connectivity index (χ3v) is 6.92. The van der Waals surface area contributed by atoms with Crippen LogP contribution in [0.4, 0.5) is 10.5 Å². The minimum Gasteiger partial charge on any atom is -0.478 e. The Morgan fingerprint density at radius 3 is 2.65 bits per heavy atom. The molecule has 180 valence electrons. The molecule has 0 radical (unpaired) electrons. The summed E-state index contributed by atoms with van der Waals surface area (Å²) in [5.41, 5.74) is 1.95. The first-order chi connectivity index (χ1) is 16.3. The van der Waals surface area contributed by atoms with Crippen molar-refractivity contribution < 1.29 is 29.3 Å².